The Labute approximate surface area is 190 Å². The third-order valence-electron chi connectivity index (χ3n) is 4.23. The molecule has 11 heteroatoms. The van der Waals surface area contributed by atoms with E-state index in [9.17, 15) is 18.0 Å². The van der Waals surface area contributed by atoms with E-state index in [1.54, 1.807) is 31.4 Å². The van der Waals surface area contributed by atoms with E-state index in [4.69, 9.17) is 37.1 Å². The summed E-state index contributed by atoms with van der Waals surface area (Å²) >= 11 is 11.9. The standard InChI is InChI=1S/C21H16Cl2F3NO5/c1-29-12-3-5-17(30-2)11(7-12)8-13-4-6-18(31-13)20(28)27-19-15(22)9-14(10-16(19)23)32-21(24,25)26/h3-7,9-10H,8H2,1-2H3,(H,27,28). The first-order chi connectivity index (χ1) is 15.1. The highest BCUT2D eigenvalue weighted by atomic mass is 35.5. The maximum atomic E-state index is 12.5. The minimum Gasteiger partial charge on any atom is -0.497 e. The molecule has 1 aromatic heterocycles. The molecule has 0 aliphatic rings. The molecular formula is C21H16Cl2F3NO5. The Morgan fingerprint density at radius 2 is 1.69 bits per heavy atom. The molecular weight excluding hydrogens is 474 g/mol. The van der Waals surface area contributed by atoms with Crippen molar-refractivity contribution in [3.8, 4) is 17.2 Å². The fourth-order valence-electron chi connectivity index (χ4n) is 2.84. The molecule has 1 amide bonds. The van der Waals surface area contributed by atoms with Crippen LogP contribution in [-0.2, 0) is 6.42 Å². The van der Waals surface area contributed by atoms with Gasteiger partial charge >= 0.3 is 6.36 Å². The van der Waals surface area contributed by atoms with Crippen molar-refractivity contribution in [2.24, 2.45) is 0 Å². The van der Waals surface area contributed by atoms with E-state index in [1.165, 1.54) is 13.2 Å². The number of alkyl halides is 3. The summed E-state index contributed by atoms with van der Waals surface area (Å²) in [4.78, 5) is 12.5. The smallest absolute Gasteiger partial charge is 0.497 e. The number of methoxy groups -OCH3 is 2. The van der Waals surface area contributed by atoms with E-state index in [-0.39, 0.29) is 21.5 Å². The average Bonchev–Trinajstić information content (AvgIpc) is 3.18. The number of hydrogen-bond acceptors (Lipinski definition) is 5. The minimum atomic E-state index is -4.91. The van der Waals surface area contributed by atoms with Crippen molar-refractivity contribution in [1.82, 2.24) is 0 Å². The van der Waals surface area contributed by atoms with E-state index >= 15 is 0 Å². The Kier molecular flexibility index (Phi) is 7.10. The highest BCUT2D eigenvalue weighted by Crippen LogP contribution is 2.37. The molecule has 0 unspecified atom stereocenters. The monoisotopic (exact) mass is 489 g/mol. The molecule has 0 spiro atoms. The van der Waals surface area contributed by atoms with Crippen LogP contribution in [0, 0.1) is 0 Å². The molecule has 0 fully saturated rings. The number of hydrogen-bond donors (Lipinski definition) is 1. The number of benzene rings is 2. The first kappa shape index (κ1) is 23.6. The van der Waals surface area contributed by atoms with Gasteiger partial charge in [-0.15, -0.1) is 13.2 Å². The summed E-state index contributed by atoms with van der Waals surface area (Å²) in [5, 5.41) is 1.95. The lowest BCUT2D eigenvalue weighted by Crippen LogP contribution is -2.17. The molecule has 3 aromatic rings. The van der Waals surface area contributed by atoms with Crippen molar-refractivity contribution in [2.45, 2.75) is 12.8 Å². The first-order valence-electron chi connectivity index (χ1n) is 8.95. The Morgan fingerprint density at radius 3 is 2.28 bits per heavy atom. The van der Waals surface area contributed by atoms with Gasteiger partial charge in [0.25, 0.3) is 5.91 Å². The van der Waals surface area contributed by atoms with Gasteiger partial charge in [-0.1, -0.05) is 23.2 Å². The van der Waals surface area contributed by atoms with Crippen LogP contribution in [0.15, 0.2) is 46.9 Å². The summed E-state index contributed by atoms with van der Waals surface area (Å²) in [6.45, 7) is 0. The largest absolute Gasteiger partial charge is 0.573 e. The van der Waals surface area contributed by atoms with Crippen LogP contribution in [0.2, 0.25) is 10.0 Å². The van der Waals surface area contributed by atoms with Gasteiger partial charge in [-0.2, -0.15) is 0 Å². The van der Waals surface area contributed by atoms with Crippen LogP contribution in [-0.4, -0.2) is 26.5 Å². The van der Waals surface area contributed by atoms with Crippen LogP contribution in [0.5, 0.6) is 17.2 Å². The van der Waals surface area contributed by atoms with E-state index in [0.29, 0.717) is 23.7 Å². The summed E-state index contributed by atoms with van der Waals surface area (Å²) in [5.41, 5.74) is 0.694. The van der Waals surface area contributed by atoms with Crippen molar-refractivity contribution >= 4 is 34.8 Å². The van der Waals surface area contributed by atoms with Crippen LogP contribution in [0.1, 0.15) is 21.9 Å². The van der Waals surface area contributed by atoms with Gasteiger partial charge in [0.15, 0.2) is 5.76 Å². The second-order valence-electron chi connectivity index (χ2n) is 6.38. The Bertz CT molecular complexity index is 1110. The maximum Gasteiger partial charge on any atom is 0.573 e. The van der Waals surface area contributed by atoms with Crippen LogP contribution in [0.3, 0.4) is 0 Å². The summed E-state index contributed by atoms with van der Waals surface area (Å²) < 4.78 is 57.1. The Hall–Kier alpha value is -3.04. The van der Waals surface area contributed by atoms with E-state index in [2.05, 4.69) is 10.1 Å². The van der Waals surface area contributed by atoms with Crippen LogP contribution < -0.4 is 19.5 Å². The number of carbonyl (C=O) groups is 1. The topological polar surface area (TPSA) is 69.9 Å². The minimum absolute atomic E-state index is 0.0513. The molecule has 0 aliphatic carbocycles. The van der Waals surface area contributed by atoms with Crippen molar-refractivity contribution in [1.29, 1.82) is 0 Å². The third-order valence-corrected chi connectivity index (χ3v) is 4.82. The van der Waals surface area contributed by atoms with Gasteiger partial charge < -0.3 is 23.9 Å². The maximum absolute atomic E-state index is 12.5. The molecule has 1 N–H and O–H groups in total. The molecule has 0 saturated heterocycles. The predicted molar refractivity (Wildman–Crippen MR) is 112 cm³/mol. The molecule has 0 radical (unpaired) electrons. The zero-order valence-corrected chi connectivity index (χ0v) is 18.2. The zero-order valence-electron chi connectivity index (χ0n) is 16.7. The van der Waals surface area contributed by atoms with Gasteiger partial charge in [-0.05, 0) is 30.3 Å². The first-order valence-corrected chi connectivity index (χ1v) is 9.71. The number of rotatable bonds is 7. The molecule has 0 aliphatic heterocycles. The average molecular weight is 490 g/mol. The second kappa shape index (κ2) is 9.62. The number of halogens is 5. The molecule has 0 saturated carbocycles. The van der Waals surface area contributed by atoms with Crippen molar-refractivity contribution in [2.75, 3.05) is 19.5 Å². The van der Waals surface area contributed by atoms with E-state index in [1.807, 2.05) is 0 Å². The lowest BCUT2D eigenvalue weighted by atomic mass is 10.1. The summed E-state index contributed by atoms with van der Waals surface area (Å²) in [7, 11) is 3.07. The van der Waals surface area contributed by atoms with Crippen molar-refractivity contribution < 1.29 is 36.6 Å². The number of carbonyl (C=O) groups excluding carboxylic acids is 1. The van der Waals surface area contributed by atoms with Gasteiger partial charge in [0, 0.05) is 24.1 Å². The Balaban J connectivity index is 1.76. The quantitative estimate of drug-likeness (QED) is 0.418. The molecule has 32 heavy (non-hydrogen) atoms. The molecule has 1 heterocycles. The van der Waals surface area contributed by atoms with Crippen molar-refractivity contribution in [3.05, 3.63) is 69.6 Å². The number of furan rings is 1. The highest BCUT2D eigenvalue weighted by Gasteiger charge is 2.31. The fourth-order valence-corrected chi connectivity index (χ4v) is 3.40. The van der Waals surface area contributed by atoms with Gasteiger partial charge in [0.2, 0.25) is 0 Å². The number of amides is 1. The van der Waals surface area contributed by atoms with Gasteiger partial charge in [0.1, 0.15) is 23.0 Å². The molecule has 6 nitrogen and oxygen atoms in total. The SMILES string of the molecule is COc1ccc(OC)c(Cc2ccc(C(=O)Nc3c(Cl)cc(OC(F)(F)F)cc3Cl)o2)c1. The highest BCUT2D eigenvalue weighted by molar-refractivity contribution is 6.40. The number of nitrogens with one attached hydrogen (secondary N) is 1. The van der Waals surface area contributed by atoms with Crippen LogP contribution >= 0.6 is 23.2 Å². The molecule has 0 atom stereocenters. The fraction of sp³-hybridized carbons (Fsp3) is 0.190. The zero-order chi connectivity index (χ0) is 23.5. The summed E-state index contributed by atoms with van der Waals surface area (Å²) in [5.74, 6) is 0.359. The summed E-state index contributed by atoms with van der Waals surface area (Å²) in [6, 6.07) is 10.1. The lowest BCUT2D eigenvalue weighted by molar-refractivity contribution is -0.274. The molecule has 170 valence electrons. The molecule has 3 rings (SSSR count). The van der Waals surface area contributed by atoms with Gasteiger partial charge in [-0.3, -0.25) is 4.79 Å². The van der Waals surface area contributed by atoms with Crippen molar-refractivity contribution in [3.63, 3.8) is 0 Å². The molecule has 2 aromatic carbocycles. The number of anilines is 1. The Morgan fingerprint density at radius 1 is 1.00 bits per heavy atom. The van der Waals surface area contributed by atoms with E-state index < -0.39 is 18.0 Å². The summed E-state index contributed by atoms with van der Waals surface area (Å²) in [6.07, 6.45) is -4.59. The molecule has 0 bridgehead atoms. The lowest BCUT2D eigenvalue weighted by Gasteiger charge is -2.13. The number of ether oxygens (including phenoxy) is 3. The third kappa shape index (κ3) is 5.80. The van der Waals surface area contributed by atoms with E-state index in [0.717, 1.165) is 17.7 Å². The van der Waals surface area contributed by atoms with Gasteiger partial charge in [-0.25, -0.2) is 0 Å². The van der Waals surface area contributed by atoms with Gasteiger partial charge in [0.05, 0.1) is 30.0 Å². The predicted octanol–water partition coefficient (Wildman–Crippen LogP) is 6.35. The van der Waals surface area contributed by atoms with Crippen LogP contribution in [0.25, 0.3) is 0 Å². The normalized spacial score (nSPS) is 11.2. The second-order valence-corrected chi connectivity index (χ2v) is 7.20. The van der Waals surface area contributed by atoms with Crippen LogP contribution in [0.4, 0.5) is 18.9 Å².